The first-order chi connectivity index (χ1) is 14.4. The van der Waals surface area contributed by atoms with Gasteiger partial charge < -0.3 is 0 Å². The maximum absolute atomic E-state index is 5.30. The van der Waals surface area contributed by atoms with E-state index in [1.54, 1.807) is 0 Å². The lowest BCUT2D eigenvalue weighted by molar-refractivity contribution is 0.323. The number of anilines is 2. The first-order valence-electron chi connectivity index (χ1n) is 11.2. The molecular weight excluding hydrogens is 356 g/mol. The molecule has 4 nitrogen and oxygen atoms in total. The quantitative estimate of drug-likeness (QED) is 0.636. The number of nitrogens with one attached hydrogen (secondary N) is 1. The molecule has 0 amide bonds. The van der Waals surface area contributed by atoms with Gasteiger partial charge in [-0.05, 0) is 69.2 Å². The van der Waals surface area contributed by atoms with Crippen LogP contribution in [0.2, 0.25) is 0 Å². The Kier molecular flexibility index (Phi) is 5.09. The normalized spacial score (nSPS) is 28.1. The molecule has 2 aromatic carbocycles. The molecule has 2 aliphatic carbocycles. The molecule has 0 radical (unpaired) electrons. The summed E-state index contributed by atoms with van der Waals surface area (Å²) in [5.41, 5.74) is 8.15. The minimum absolute atomic E-state index is 0.104. The van der Waals surface area contributed by atoms with Crippen molar-refractivity contribution in [2.45, 2.75) is 63.3 Å². The van der Waals surface area contributed by atoms with Crippen LogP contribution in [0, 0.1) is 5.92 Å². The Morgan fingerprint density at radius 1 is 0.897 bits per heavy atom. The van der Waals surface area contributed by atoms with Gasteiger partial charge in [0.05, 0.1) is 17.1 Å². The third-order valence-corrected chi connectivity index (χ3v) is 6.81. The van der Waals surface area contributed by atoms with Crippen LogP contribution >= 0.6 is 0 Å². The molecule has 150 valence electrons. The number of fused-ring (bicyclic) bond motifs is 1. The molecule has 1 spiro atoms. The molecule has 3 aliphatic rings. The van der Waals surface area contributed by atoms with Crippen LogP contribution in [0.4, 0.5) is 11.4 Å². The van der Waals surface area contributed by atoms with E-state index in [4.69, 9.17) is 10.2 Å². The van der Waals surface area contributed by atoms with Gasteiger partial charge in [-0.15, -0.1) is 0 Å². The van der Waals surface area contributed by atoms with E-state index < -0.39 is 0 Å². The Hall–Kier alpha value is -2.62. The van der Waals surface area contributed by atoms with E-state index in [2.05, 4.69) is 65.0 Å². The highest BCUT2D eigenvalue weighted by Crippen LogP contribution is 2.45. The maximum Gasteiger partial charge on any atom is 0.104 e. The van der Waals surface area contributed by atoms with Gasteiger partial charge in [-0.2, -0.15) is 10.2 Å². The Bertz CT molecular complexity index is 890. The zero-order valence-corrected chi connectivity index (χ0v) is 17.1. The summed E-state index contributed by atoms with van der Waals surface area (Å²) in [6.07, 6.45) is 10.8. The fraction of sp³-hybridized carbons (Fsp3) is 0.440. The molecule has 1 aliphatic heterocycles. The highest BCUT2D eigenvalue weighted by Gasteiger charge is 2.49. The zero-order valence-electron chi connectivity index (χ0n) is 17.1. The van der Waals surface area contributed by atoms with Crippen molar-refractivity contribution in [2.75, 3.05) is 10.4 Å². The van der Waals surface area contributed by atoms with Crippen LogP contribution in [0.3, 0.4) is 0 Å². The van der Waals surface area contributed by atoms with Crippen molar-refractivity contribution < 1.29 is 0 Å². The summed E-state index contributed by atoms with van der Waals surface area (Å²) < 4.78 is 0. The summed E-state index contributed by atoms with van der Waals surface area (Å²) in [4.78, 5) is 0. The van der Waals surface area contributed by atoms with Crippen molar-refractivity contribution in [3.8, 4) is 0 Å². The van der Waals surface area contributed by atoms with Crippen molar-refractivity contribution in [1.82, 2.24) is 0 Å². The molecule has 0 saturated heterocycles. The standard InChI is InChI=1S/C25H30N4/c1-3-12-21(13-4-1)26-27-24-17-9-10-18-25(24)19-20-11-7-8-16-23(20)28-29(25)22-14-5-2-6-15-22/h1-6,12-15,20,26H,7-11,16-19H2/b27-24+. The molecule has 2 unspecified atom stereocenters. The number of hydrogen-bond donors (Lipinski definition) is 1. The van der Waals surface area contributed by atoms with Gasteiger partial charge in [-0.1, -0.05) is 49.2 Å². The van der Waals surface area contributed by atoms with Crippen LogP contribution in [-0.2, 0) is 0 Å². The number of rotatable bonds is 3. The van der Waals surface area contributed by atoms with Crippen molar-refractivity contribution in [2.24, 2.45) is 16.1 Å². The average molecular weight is 387 g/mol. The predicted molar refractivity (Wildman–Crippen MR) is 122 cm³/mol. The summed E-state index contributed by atoms with van der Waals surface area (Å²) in [5, 5.41) is 12.6. The molecule has 2 fully saturated rings. The lowest BCUT2D eigenvalue weighted by Gasteiger charge is -2.51. The second kappa shape index (κ2) is 8.02. The summed E-state index contributed by atoms with van der Waals surface area (Å²) in [6, 6.07) is 21.0. The first kappa shape index (κ1) is 18.4. The van der Waals surface area contributed by atoms with E-state index in [9.17, 15) is 0 Å². The maximum atomic E-state index is 5.30. The second-order valence-electron chi connectivity index (χ2n) is 8.66. The Morgan fingerprint density at radius 3 is 2.48 bits per heavy atom. The van der Waals surface area contributed by atoms with E-state index in [0.29, 0.717) is 5.92 Å². The van der Waals surface area contributed by atoms with Gasteiger partial charge in [-0.3, -0.25) is 10.4 Å². The minimum Gasteiger partial charge on any atom is -0.278 e. The Labute approximate surface area is 173 Å². The van der Waals surface area contributed by atoms with Crippen molar-refractivity contribution in [1.29, 1.82) is 0 Å². The third-order valence-electron chi connectivity index (χ3n) is 6.81. The van der Waals surface area contributed by atoms with E-state index in [0.717, 1.165) is 31.4 Å². The number of hydrazone groups is 2. The number of benzene rings is 2. The summed E-state index contributed by atoms with van der Waals surface area (Å²) in [6.45, 7) is 0. The second-order valence-corrected chi connectivity index (χ2v) is 8.66. The largest absolute Gasteiger partial charge is 0.278 e. The van der Waals surface area contributed by atoms with Gasteiger partial charge in [0.1, 0.15) is 5.54 Å². The predicted octanol–water partition coefficient (Wildman–Crippen LogP) is 6.22. The zero-order chi connectivity index (χ0) is 19.5. The monoisotopic (exact) mass is 386 g/mol. The molecular formula is C25H30N4. The smallest absolute Gasteiger partial charge is 0.104 e. The summed E-state index contributed by atoms with van der Waals surface area (Å²) >= 11 is 0. The highest BCUT2D eigenvalue weighted by atomic mass is 15.5. The molecule has 1 heterocycles. The number of para-hydroxylation sites is 2. The van der Waals surface area contributed by atoms with Crippen molar-refractivity contribution in [3.63, 3.8) is 0 Å². The Balaban J connectivity index is 1.56. The average Bonchev–Trinajstić information content (AvgIpc) is 2.79. The van der Waals surface area contributed by atoms with Crippen LogP contribution in [0.25, 0.3) is 0 Å². The van der Waals surface area contributed by atoms with E-state index in [-0.39, 0.29) is 5.54 Å². The fourth-order valence-corrected chi connectivity index (χ4v) is 5.35. The van der Waals surface area contributed by atoms with Gasteiger partial charge >= 0.3 is 0 Å². The van der Waals surface area contributed by atoms with Gasteiger partial charge in [0, 0.05) is 11.6 Å². The Morgan fingerprint density at radius 2 is 1.66 bits per heavy atom. The molecule has 29 heavy (non-hydrogen) atoms. The molecule has 2 aromatic rings. The van der Waals surface area contributed by atoms with Gasteiger partial charge in [0.2, 0.25) is 0 Å². The SMILES string of the molecule is c1ccc(N/N=C2\CCCCC23CC2CCCCC2=NN3c2ccccc2)cc1. The molecule has 0 bridgehead atoms. The molecule has 2 atom stereocenters. The van der Waals surface area contributed by atoms with E-state index >= 15 is 0 Å². The van der Waals surface area contributed by atoms with Gasteiger partial charge in [-0.25, -0.2) is 0 Å². The summed E-state index contributed by atoms with van der Waals surface area (Å²) in [7, 11) is 0. The lowest BCUT2D eigenvalue weighted by atomic mass is 9.69. The fourth-order valence-electron chi connectivity index (χ4n) is 5.35. The van der Waals surface area contributed by atoms with Crippen LogP contribution in [-0.4, -0.2) is 17.0 Å². The molecule has 0 aromatic heterocycles. The molecule has 1 N–H and O–H groups in total. The minimum atomic E-state index is -0.104. The van der Waals surface area contributed by atoms with Crippen LogP contribution in [0.1, 0.15) is 57.8 Å². The van der Waals surface area contributed by atoms with E-state index in [1.807, 2.05) is 6.07 Å². The molecule has 4 heteroatoms. The topological polar surface area (TPSA) is 40.0 Å². The van der Waals surface area contributed by atoms with Crippen molar-refractivity contribution >= 4 is 22.8 Å². The number of nitrogens with zero attached hydrogens (tertiary/aromatic N) is 3. The highest BCUT2D eigenvalue weighted by molar-refractivity contribution is 6.01. The third kappa shape index (κ3) is 3.57. The van der Waals surface area contributed by atoms with E-state index in [1.165, 1.54) is 49.2 Å². The molecule has 2 saturated carbocycles. The first-order valence-corrected chi connectivity index (χ1v) is 11.2. The van der Waals surface area contributed by atoms with Crippen LogP contribution in [0.5, 0.6) is 0 Å². The van der Waals surface area contributed by atoms with Gasteiger partial charge in [0.25, 0.3) is 0 Å². The van der Waals surface area contributed by atoms with Crippen LogP contribution in [0.15, 0.2) is 70.9 Å². The van der Waals surface area contributed by atoms with Crippen LogP contribution < -0.4 is 10.4 Å². The summed E-state index contributed by atoms with van der Waals surface area (Å²) in [5.74, 6) is 0.615. The van der Waals surface area contributed by atoms with Crippen molar-refractivity contribution in [3.05, 3.63) is 60.7 Å². The van der Waals surface area contributed by atoms with Gasteiger partial charge in [0.15, 0.2) is 0 Å². The molecule has 5 rings (SSSR count). The number of hydrogen-bond acceptors (Lipinski definition) is 4. The lowest BCUT2D eigenvalue weighted by Crippen LogP contribution is -2.59.